The molecular formula is C9H16F3NO. The largest absolute Gasteiger partial charge is 0.389 e. The second kappa shape index (κ2) is 5.88. The van der Waals surface area contributed by atoms with Crippen molar-refractivity contribution in [2.75, 3.05) is 0 Å². The van der Waals surface area contributed by atoms with Crippen molar-refractivity contribution >= 4 is 5.91 Å². The number of alkyl halides is 3. The van der Waals surface area contributed by atoms with Crippen LogP contribution in [0.3, 0.4) is 0 Å². The van der Waals surface area contributed by atoms with Crippen LogP contribution in [0.1, 0.15) is 39.0 Å². The van der Waals surface area contributed by atoms with E-state index in [4.69, 9.17) is 5.73 Å². The SMILES string of the molecule is CCCC(CCCC(F)(F)F)C(N)=O. The zero-order chi connectivity index (χ0) is 11.2. The van der Waals surface area contributed by atoms with Crippen LogP contribution < -0.4 is 5.73 Å². The highest BCUT2D eigenvalue weighted by atomic mass is 19.4. The van der Waals surface area contributed by atoms with Crippen LogP contribution in [-0.4, -0.2) is 12.1 Å². The van der Waals surface area contributed by atoms with Gasteiger partial charge in [-0.2, -0.15) is 13.2 Å². The molecule has 0 aromatic carbocycles. The second-order valence-corrected chi connectivity index (χ2v) is 3.40. The van der Waals surface area contributed by atoms with Gasteiger partial charge in [-0.15, -0.1) is 0 Å². The molecule has 0 saturated carbocycles. The Labute approximate surface area is 81.7 Å². The van der Waals surface area contributed by atoms with Gasteiger partial charge in [-0.1, -0.05) is 13.3 Å². The van der Waals surface area contributed by atoms with E-state index in [0.29, 0.717) is 6.42 Å². The molecule has 0 fully saturated rings. The second-order valence-electron chi connectivity index (χ2n) is 3.40. The van der Waals surface area contributed by atoms with Gasteiger partial charge in [0.2, 0.25) is 5.91 Å². The molecule has 0 aliphatic carbocycles. The van der Waals surface area contributed by atoms with Crippen molar-refractivity contribution in [2.24, 2.45) is 11.7 Å². The molecule has 0 rings (SSSR count). The molecule has 5 heteroatoms. The molecule has 0 aliphatic rings. The van der Waals surface area contributed by atoms with Crippen LogP contribution in [0.2, 0.25) is 0 Å². The molecule has 1 unspecified atom stereocenters. The van der Waals surface area contributed by atoms with E-state index in [1.54, 1.807) is 0 Å². The molecule has 0 bridgehead atoms. The number of halogens is 3. The molecule has 14 heavy (non-hydrogen) atoms. The van der Waals surface area contributed by atoms with Gasteiger partial charge in [0, 0.05) is 12.3 Å². The van der Waals surface area contributed by atoms with E-state index in [-0.39, 0.29) is 12.8 Å². The van der Waals surface area contributed by atoms with Gasteiger partial charge in [-0.25, -0.2) is 0 Å². The first-order chi connectivity index (χ1) is 6.37. The zero-order valence-corrected chi connectivity index (χ0v) is 8.23. The van der Waals surface area contributed by atoms with Gasteiger partial charge >= 0.3 is 6.18 Å². The average molecular weight is 211 g/mol. The van der Waals surface area contributed by atoms with Gasteiger partial charge in [0.15, 0.2) is 0 Å². The van der Waals surface area contributed by atoms with E-state index in [2.05, 4.69) is 0 Å². The van der Waals surface area contributed by atoms with Crippen molar-refractivity contribution in [3.05, 3.63) is 0 Å². The molecule has 0 spiro atoms. The smallest absolute Gasteiger partial charge is 0.369 e. The van der Waals surface area contributed by atoms with Crippen LogP contribution in [0.4, 0.5) is 13.2 Å². The van der Waals surface area contributed by atoms with Gasteiger partial charge < -0.3 is 5.73 Å². The summed E-state index contributed by atoms with van der Waals surface area (Å²) in [7, 11) is 0. The fourth-order valence-electron chi connectivity index (χ4n) is 1.33. The maximum Gasteiger partial charge on any atom is 0.389 e. The van der Waals surface area contributed by atoms with E-state index in [1.165, 1.54) is 0 Å². The highest BCUT2D eigenvalue weighted by Gasteiger charge is 2.27. The lowest BCUT2D eigenvalue weighted by Gasteiger charge is -2.12. The van der Waals surface area contributed by atoms with E-state index in [9.17, 15) is 18.0 Å². The summed E-state index contributed by atoms with van der Waals surface area (Å²) in [6.45, 7) is 1.87. The van der Waals surface area contributed by atoms with Crippen LogP contribution in [0.25, 0.3) is 0 Å². The van der Waals surface area contributed by atoms with Gasteiger partial charge in [0.1, 0.15) is 0 Å². The highest BCUT2D eigenvalue weighted by molar-refractivity contribution is 5.76. The number of hydrogen-bond donors (Lipinski definition) is 1. The lowest BCUT2D eigenvalue weighted by atomic mass is 9.96. The fraction of sp³-hybridized carbons (Fsp3) is 0.889. The fourth-order valence-corrected chi connectivity index (χ4v) is 1.33. The molecule has 1 amide bonds. The topological polar surface area (TPSA) is 43.1 Å². The maximum atomic E-state index is 11.8. The molecule has 84 valence electrons. The minimum absolute atomic E-state index is 0.0168. The van der Waals surface area contributed by atoms with Crippen LogP contribution in [0, 0.1) is 5.92 Å². The van der Waals surface area contributed by atoms with Crippen molar-refractivity contribution in [1.82, 2.24) is 0 Å². The number of hydrogen-bond acceptors (Lipinski definition) is 1. The Bertz CT molecular complexity index is 179. The maximum absolute atomic E-state index is 11.8. The van der Waals surface area contributed by atoms with Crippen molar-refractivity contribution in [2.45, 2.75) is 45.2 Å². The van der Waals surface area contributed by atoms with Crippen LogP contribution >= 0.6 is 0 Å². The summed E-state index contributed by atoms with van der Waals surface area (Å²) in [6.07, 6.45) is -3.40. The average Bonchev–Trinajstić information content (AvgIpc) is 2.00. The number of rotatable bonds is 6. The minimum atomic E-state index is -4.13. The molecule has 0 aliphatic heterocycles. The molecule has 1 atom stereocenters. The molecule has 2 nitrogen and oxygen atoms in total. The van der Waals surface area contributed by atoms with E-state index in [0.717, 1.165) is 6.42 Å². The number of nitrogens with two attached hydrogens (primary N) is 1. The molecule has 2 N–H and O–H groups in total. The summed E-state index contributed by atoms with van der Waals surface area (Å²) in [5, 5.41) is 0. The summed E-state index contributed by atoms with van der Waals surface area (Å²) in [5.41, 5.74) is 5.05. The molecule has 0 aromatic heterocycles. The summed E-state index contributed by atoms with van der Waals surface area (Å²) >= 11 is 0. The molecule has 0 heterocycles. The Morgan fingerprint density at radius 2 is 1.93 bits per heavy atom. The summed E-state index contributed by atoms with van der Waals surface area (Å²) in [4.78, 5) is 10.8. The van der Waals surface area contributed by atoms with E-state index < -0.39 is 24.4 Å². The lowest BCUT2D eigenvalue weighted by molar-refractivity contribution is -0.137. The van der Waals surface area contributed by atoms with Crippen LogP contribution in [0.15, 0.2) is 0 Å². The van der Waals surface area contributed by atoms with Gasteiger partial charge in [0.05, 0.1) is 0 Å². The van der Waals surface area contributed by atoms with E-state index in [1.807, 2.05) is 6.92 Å². The van der Waals surface area contributed by atoms with Crippen molar-refractivity contribution in [3.63, 3.8) is 0 Å². The molecule has 0 saturated heterocycles. The lowest BCUT2D eigenvalue weighted by Crippen LogP contribution is -2.23. The molecular weight excluding hydrogens is 195 g/mol. The quantitative estimate of drug-likeness (QED) is 0.721. The predicted octanol–water partition coefficient (Wildman–Crippen LogP) is 2.62. The number of primary amides is 1. The number of amides is 1. The number of carbonyl (C=O) groups excluding carboxylic acids is 1. The third kappa shape index (κ3) is 6.74. The first kappa shape index (κ1) is 13.3. The van der Waals surface area contributed by atoms with Gasteiger partial charge in [-0.05, 0) is 19.3 Å². The first-order valence-corrected chi connectivity index (χ1v) is 4.73. The Morgan fingerprint density at radius 1 is 1.36 bits per heavy atom. The first-order valence-electron chi connectivity index (χ1n) is 4.73. The number of carbonyl (C=O) groups is 1. The van der Waals surface area contributed by atoms with Crippen molar-refractivity contribution in [3.8, 4) is 0 Å². The highest BCUT2D eigenvalue weighted by Crippen LogP contribution is 2.24. The normalized spacial score (nSPS) is 14.0. The van der Waals surface area contributed by atoms with Crippen LogP contribution in [-0.2, 0) is 4.79 Å². The summed E-state index contributed by atoms with van der Waals surface area (Å²) < 4.78 is 35.3. The Hall–Kier alpha value is -0.740. The molecule has 0 radical (unpaired) electrons. The Kier molecular flexibility index (Phi) is 5.57. The summed E-state index contributed by atoms with van der Waals surface area (Å²) in [5.74, 6) is -0.892. The minimum Gasteiger partial charge on any atom is -0.369 e. The predicted molar refractivity (Wildman–Crippen MR) is 47.5 cm³/mol. The monoisotopic (exact) mass is 211 g/mol. The third-order valence-corrected chi connectivity index (χ3v) is 2.05. The third-order valence-electron chi connectivity index (χ3n) is 2.05. The zero-order valence-electron chi connectivity index (χ0n) is 8.23. The van der Waals surface area contributed by atoms with Crippen molar-refractivity contribution < 1.29 is 18.0 Å². The Morgan fingerprint density at radius 3 is 2.29 bits per heavy atom. The van der Waals surface area contributed by atoms with E-state index >= 15 is 0 Å². The molecule has 0 aromatic rings. The standard InChI is InChI=1S/C9H16F3NO/c1-2-4-7(8(13)14)5-3-6-9(10,11)12/h7H,2-6H2,1H3,(H2,13,14). The van der Waals surface area contributed by atoms with Crippen LogP contribution in [0.5, 0.6) is 0 Å². The van der Waals surface area contributed by atoms with Crippen molar-refractivity contribution in [1.29, 1.82) is 0 Å². The van der Waals surface area contributed by atoms with Gasteiger partial charge in [0.25, 0.3) is 0 Å². The summed E-state index contributed by atoms with van der Waals surface area (Å²) in [6, 6.07) is 0. The Balaban J connectivity index is 3.77. The van der Waals surface area contributed by atoms with Gasteiger partial charge in [-0.3, -0.25) is 4.79 Å².